The van der Waals surface area contributed by atoms with Gasteiger partial charge in [0.15, 0.2) is 0 Å². The minimum atomic E-state index is -3.86. The molecule has 6 nitrogen and oxygen atoms in total. The van der Waals surface area contributed by atoms with Crippen LogP contribution in [0.4, 0.5) is 0 Å². The van der Waals surface area contributed by atoms with Gasteiger partial charge in [0.2, 0.25) is 10.0 Å². The SMILES string of the molecule is CCCOc1ccc([C@@H](CC(=O)O)NS(=O)(=O)c2ccc(Br)cc2)cc1. The summed E-state index contributed by atoms with van der Waals surface area (Å²) in [6.45, 7) is 2.57. The number of rotatable bonds is 9. The summed E-state index contributed by atoms with van der Waals surface area (Å²) in [5.41, 5.74) is 0.553. The maximum absolute atomic E-state index is 12.6. The van der Waals surface area contributed by atoms with Gasteiger partial charge in [0.1, 0.15) is 5.75 Å². The molecule has 0 aromatic heterocycles. The van der Waals surface area contributed by atoms with E-state index in [-0.39, 0.29) is 11.3 Å². The van der Waals surface area contributed by atoms with E-state index in [4.69, 9.17) is 9.84 Å². The molecule has 8 heteroatoms. The van der Waals surface area contributed by atoms with Crippen LogP contribution in [0.25, 0.3) is 0 Å². The topological polar surface area (TPSA) is 92.7 Å². The predicted molar refractivity (Wildman–Crippen MR) is 102 cm³/mol. The second kappa shape index (κ2) is 9.16. The lowest BCUT2D eigenvalue weighted by Crippen LogP contribution is -2.30. The minimum absolute atomic E-state index is 0.0685. The zero-order valence-corrected chi connectivity index (χ0v) is 16.6. The standard InChI is InChI=1S/C18H20BrNO5S/c1-2-11-25-15-7-3-13(4-8-15)17(12-18(21)22)20-26(23,24)16-9-5-14(19)6-10-16/h3-10,17,20H,2,11-12H2,1H3,(H,21,22)/t17-/m1/s1. The summed E-state index contributed by atoms with van der Waals surface area (Å²) < 4.78 is 33.9. The molecule has 0 heterocycles. The largest absolute Gasteiger partial charge is 0.494 e. The highest BCUT2D eigenvalue weighted by Gasteiger charge is 2.23. The second-order valence-corrected chi connectivity index (χ2v) is 8.27. The molecule has 2 aromatic carbocycles. The van der Waals surface area contributed by atoms with Crippen molar-refractivity contribution in [2.75, 3.05) is 6.61 Å². The number of hydrogen-bond acceptors (Lipinski definition) is 4. The summed E-state index contributed by atoms with van der Waals surface area (Å²) in [5.74, 6) is -0.444. The summed E-state index contributed by atoms with van der Waals surface area (Å²) in [6, 6.07) is 12.0. The monoisotopic (exact) mass is 441 g/mol. The van der Waals surface area contributed by atoms with Crippen molar-refractivity contribution in [3.63, 3.8) is 0 Å². The highest BCUT2D eigenvalue weighted by atomic mass is 79.9. The molecular formula is C18H20BrNO5S. The van der Waals surface area contributed by atoms with Crippen molar-refractivity contribution >= 4 is 31.9 Å². The Labute approximate surface area is 161 Å². The molecule has 140 valence electrons. The number of aliphatic carboxylic acids is 1. The van der Waals surface area contributed by atoms with Crippen molar-refractivity contribution in [3.8, 4) is 5.75 Å². The maximum Gasteiger partial charge on any atom is 0.305 e. The van der Waals surface area contributed by atoms with Crippen molar-refractivity contribution in [2.45, 2.75) is 30.7 Å². The molecule has 0 amide bonds. The number of benzene rings is 2. The Morgan fingerprint density at radius 1 is 1.15 bits per heavy atom. The number of halogens is 1. The normalized spacial score (nSPS) is 12.5. The van der Waals surface area contributed by atoms with Gasteiger partial charge < -0.3 is 9.84 Å². The first-order valence-corrected chi connectivity index (χ1v) is 10.3. The highest BCUT2D eigenvalue weighted by molar-refractivity contribution is 9.10. The first-order chi connectivity index (χ1) is 12.3. The van der Waals surface area contributed by atoms with Crippen LogP contribution < -0.4 is 9.46 Å². The average Bonchev–Trinajstić information content (AvgIpc) is 2.59. The Balaban J connectivity index is 2.24. The zero-order chi connectivity index (χ0) is 19.2. The number of ether oxygens (including phenoxy) is 1. The van der Waals surface area contributed by atoms with Crippen molar-refractivity contribution < 1.29 is 23.1 Å². The summed E-state index contributed by atoms with van der Waals surface area (Å²) >= 11 is 3.25. The van der Waals surface area contributed by atoms with E-state index in [2.05, 4.69) is 20.7 Å². The van der Waals surface area contributed by atoms with E-state index in [0.29, 0.717) is 17.9 Å². The minimum Gasteiger partial charge on any atom is -0.494 e. The van der Waals surface area contributed by atoms with Gasteiger partial charge in [-0.2, -0.15) is 0 Å². The van der Waals surface area contributed by atoms with Crippen LogP contribution in [0.1, 0.15) is 31.4 Å². The Hall–Kier alpha value is -1.90. The number of hydrogen-bond donors (Lipinski definition) is 2. The quantitative estimate of drug-likeness (QED) is 0.618. The molecule has 0 bridgehead atoms. The molecule has 0 fully saturated rings. The first kappa shape index (κ1) is 20.4. The number of carboxylic acid groups (broad SMARTS) is 1. The van der Waals surface area contributed by atoms with Crippen LogP contribution in [-0.4, -0.2) is 26.1 Å². The Morgan fingerprint density at radius 3 is 2.31 bits per heavy atom. The van der Waals surface area contributed by atoms with E-state index < -0.39 is 22.0 Å². The molecule has 0 aliphatic heterocycles. The first-order valence-electron chi connectivity index (χ1n) is 8.04. The van der Waals surface area contributed by atoms with E-state index in [1.807, 2.05) is 6.92 Å². The lowest BCUT2D eigenvalue weighted by molar-refractivity contribution is -0.137. The van der Waals surface area contributed by atoms with Gasteiger partial charge in [-0.15, -0.1) is 0 Å². The Morgan fingerprint density at radius 2 is 1.77 bits per heavy atom. The van der Waals surface area contributed by atoms with E-state index in [0.717, 1.165) is 10.9 Å². The van der Waals surface area contributed by atoms with Gasteiger partial charge in [-0.05, 0) is 48.4 Å². The average molecular weight is 442 g/mol. The Bertz CT molecular complexity index is 835. The molecule has 2 N–H and O–H groups in total. The number of sulfonamides is 1. The van der Waals surface area contributed by atoms with Gasteiger partial charge in [0.05, 0.1) is 24.0 Å². The summed E-state index contributed by atoms with van der Waals surface area (Å²) in [4.78, 5) is 11.3. The van der Waals surface area contributed by atoms with Crippen LogP contribution >= 0.6 is 15.9 Å². The third kappa shape index (κ3) is 5.82. The van der Waals surface area contributed by atoms with Gasteiger partial charge in [-0.3, -0.25) is 4.79 Å². The van der Waals surface area contributed by atoms with Crippen molar-refractivity contribution in [1.29, 1.82) is 0 Å². The van der Waals surface area contributed by atoms with Gasteiger partial charge in [0, 0.05) is 4.47 Å². The van der Waals surface area contributed by atoms with E-state index in [9.17, 15) is 13.2 Å². The molecule has 0 spiro atoms. The van der Waals surface area contributed by atoms with Gasteiger partial charge in [-0.25, -0.2) is 13.1 Å². The summed E-state index contributed by atoms with van der Waals surface area (Å²) in [7, 11) is -3.86. The Kier molecular flexibility index (Phi) is 7.19. The molecule has 0 radical (unpaired) electrons. The fourth-order valence-electron chi connectivity index (χ4n) is 2.29. The van der Waals surface area contributed by atoms with Crippen LogP contribution in [0.2, 0.25) is 0 Å². The predicted octanol–water partition coefficient (Wildman–Crippen LogP) is 3.73. The fraction of sp³-hybridized carbons (Fsp3) is 0.278. The molecule has 0 unspecified atom stereocenters. The van der Waals surface area contributed by atoms with Crippen molar-refractivity contribution in [1.82, 2.24) is 4.72 Å². The van der Waals surface area contributed by atoms with Crippen molar-refractivity contribution in [2.24, 2.45) is 0 Å². The van der Waals surface area contributed by atoms with E-state index in [1.165, 1.54) is 12.1 Å². The van der Waals surface area contributed by atoms with Crippen LogP contribution in [0.3, 0.4) is 0 Å². The van der Waals surface area contributed by atoms with Gasteiger partial charge in [-0.1, -0.05) is 35.0 Å². The lowest BCUT2D eigenvalue weighted by atomic mass is 10.0. The third-order valence-electron chi connectivity index (χ3n) is 3.56. The third-order valence-corrected chi connectivity index (χ3v) is 5.57. The number of carboxylic acids is 1. The van der Waals surface area contributed by atoms with Crippen molar-refractivity contribution in [3.05, 3.63) is 58.6 Å². The summed E-state index contributed by atoms with van der Waals surface area (Å²) in [5, 5.41) is 9.15. The van der Waals surface area contributed by atoms with Crippen LogP contribution in [0.5, 0.6) is 5.75 Å². The molecule has 26 heavy (non-hydrogen) atoms. The van der Waals surface area contributed by atoms with Crippen LogP contribution in [-0.2, 0) is 14.8 Å². The lowest BCUT2D eigenvalue weighted by Gasteiger charge is -2.18. The number of carbonyl (C=O) groups is 1. The van der Waals surface area contributed by atoms with Gasteiger partial charge in [0.25, 0.3) is 0 Å². The molecule has 2 aromatic rings. The molecule has 0 saturated carbocycles. The number of nitrogens with one attached hydrogen (secondary N) is 1. The molecule has 1 atom stereocenters. The zero-order valence-electron chi connectivity index (χ0n) is 14.2. The molecule has 0 aliphatic carbocycles. The highest BCUT2D eigenvalue weighted by Crippen LogP contribution is 2.24. The van der Waals surface area contributed by atoms with E-state index in [1.54, 1.807) is 36.4 Å². The molecular weight excluding hydrogens is 422 g/mol. The second-order valence-electron chi connectivity index (χ2n) is 5.64. The smallest absolute Gasteiger partial charge is 0.305 e. The van der Waals surface area contributed by atoms with E-state index >= 15 is 0 Å². The fourth-order valence-corrected chi connectivity index (χ4v) is 3.78. The van der Waals surface area contributed by atoms with Crippen LogP contribution in [0.15, 0.2) is 57.9 Å². The summed E-state index contributed by atoms with van der Waals surface area (Å²) in [6.07, 6.45) is 0.501. The molecule has 0 saturated heterocycles. The molecule has 0 aliphatic rings. The van der Waals surface area contributed by atoms with Gasteiger partial charge >= 0.3 is 5.97 Å². The maximum atomic E-state index is 12.6. The van der Waals surface area contributed by atoms with Crippen LogP contribution in [0, 0.1) is 0 Å². The molecule has 2 rings (SSSR count).